The van der Waals surface area contributed by atoms with E-state index in [1.54, 1.807) is 12.1 Å². The van der Waals surface area contributed by atoms with Gasteiger partial charge in [0.05, 0.1) is 0 Å². The Morgan fingerprint density at radius 3 is 2.21 bits per heavy atom. The van der Waals surface area contributed by atoms with Crippen molar-refractivity contribution in [3.63, 3.8) is 0 Å². The predicted molar refractivity (Wildman–Crippen MR) is 88.1 cm³/mol. The molecule has 0 unspecified atom stereocenters. The van der Waals surface area contributed by atoms with Gasteiger partial charge in [-0.15, -0.1) is 0 Å². The Bertz CT molecular complexity index is 616. The van der Waals surface area contributed by atoms with Crippen LogP contribution in [0.25, 0.3) is 0 Å². The number of hydrogen-bond donors (Lipinski definition) is 3. The molecule has 1 aliphatic carbocycles. The van der Waals surface area contributed by atoms with Crippen molar-refractivity contribution in [2.75, 3.05) is 6.61 Å². The standard InChI is InChI=1S/C17H23N3O4/c1-17(2,3)11-4-8-13(9-5-11)24-10-14(21)19-20-16(23)15(22)18-12-6-7-12/h4-5,8-9,12H,6-7,10H2,1-3H3,(H,18,22)(H,19,21)(H,20,23). The lowest BCUT2D eigenvalue weighted by atomic mass is 9.87. The van der Waals surface area contributed by atoms with Crippen LogP contribution in [-0.4, -0.2) is 30.4 Å². The number of carbonyl (C=O) groups is 3. The van der Waals surface area contributed by atoms with Gasteiger partial charge in [0.25, 0.3) is 5.91 Å². The van der Waals surface area contributed by atoms with E-state index in [9.17, 15) is 14.4 Å². The van der Waals surface area contributed by atoms with Gasteiger partial charge in [-0.25, -0.2) is 0 Å². The summed E-state index contributed by atoms with van der Waals surface area (Å²) in [7, 11) is 0. The quantitative estimate of drug-likeness (QED) is 0.561. The lowest BCUT2D eigenvalue weighted by molar-refractivity contribution is -0.141. The van der Waals surface area contributed by atoms with Gasteiger partial charge in [0.1, 0.15) is 5.75 Å². The fraction of sp³-hybridized carbons (Fsp3) is 0.471. The van der Waals surface area contributed by atoms with Gasteiger partial charge in [-0.2, -0.15) is 0 Å². The van der Waals surface area contributed by atoms with Gasteiger partial charge in [-0.05, 0) is 36.0 Å². The average Bonchev–Trinajstić information content (AvgIpc) is 3.34. The second-order valence-corrected chi connectivity index (χ2v) is 6.81. The summed E-state index contributed by atoms with van der Waals surface area (Å²) in [5.74, 6) is -1.65. The fourth-order valence-electron chi connectivity index (χ4n) is 1.90. The Balaban J connectivity index is 1.70. The molecule has 0 aromatic heterocycles. The molecule has 0 aliphatic heterocycles. The number of hydrogen-bond acceptors (Lipinski definition) is 4. The van der Waals surface area contributed by atoms with Crippen molar-refractivity contribution in [2.24, 2.45) is 0 Å². The Labute approximate surface area is 141 Å². The van der Waals surface area contributed by atoms with Crippen molar-refractivity contribution in [2.45, 2.75) is 45.1 Å². The van der Waals surface area contributed by atoms with Gasteiger partial charge in [0.2, 0.25) is 0 Å². The maximum absolute atomic E-state index is 11.6. The molecule has 130 valence electrons. The van der Waals surface area contributed by atoms with Crippen molar-refractivity contribution in [1.29, 1.82) is 0 Å². The van der Waals surface area contributed by atoms with Gasteiger partial charge < -0.3 is 10.1 Å². The van der Waals surface area contributed by atoms with Crippen LogP contribution in [0.2, 0.25) is 0 Å². The van der Waals surface area contributed by atoms with E-state index in [4.69, 9.17) is 4.74 Å². The molecule has 1 aromatic rings. The Morgan fingerprint density at radius 2 is 1.67 bits per heavy atom. The molecule has 7 heteroatoms. The van der Waals surface area contributed by atoms with E-state index >= 15 is 0 Å². The predicted octanol–water partition coefficient (Wildman–Crippen LogP) is 0.789. The van der Waals surface area contributed by atoms with Crippen molar-refractivity contribution in [1.82, 2.24) is 16.2 Å². The molecule has 0 saturated heterocycles. The number of ether oxygens (including phenoxy) is 1. The summed E-state index contributed by atoms with van der Waals surface area (Å²) < 4.78 is 5.34. The zero-order chi connectivity index (χ0) is 17.7. The maximum Gasteiger partial charge on any atom is 0.327 e. The van der Waals surface area contributed by atoms with Crippen molar-refractivity contribution < 1.29 is 19.1 Å². The van der Waals surface area contributed by atoms with Crippen molar-refractivity contribution in [3.8, 4) is 5.75 Å². The summed E-state index contributed by atoms with van der Waals surface area (Å²) in [6.45, 7) is 6.06. The van der Waals surface area contributed by atoms with Crippen LogP contribution >= 0.6 is 0 Å². The van der Waals surface area contributed by atoms with Crippen LogP contribution in [-0.2, 0) is 19.8 Å². The van der Waals surface area contributed by atoms with E-state index < -0.39 is 17.7 Å². The molecule has 2 rings (SSSR count). The molecular formula is C17H23N3O4. The molecule has 24 heavy (non-hydrogen) atoms. The van der Waals surface area contributed by atoms with Crippen molar-refractivity contribution in [3.05, 3.63) is 29.8 Å². The summed E-state index contributed by atoms with van der Waals surface area (Å²) in [6.07, 6.45) is 1.76. The summed E-state index contributed by atoms with van der Waals surface area (Å²) in [5, 5.41) is 2.52. The minimum Gasteiger partial charge on any atom is -0.484 e. The number of benzene rings is 1. The number of hydrazine groups is 1. The number of rotatable bonds is 4. The molecule has 0 radical (unpaired) electrons. The molecule has 0 heterocycles. The van der Waals surface area contributed by atoms with Crippen LogP contribution in [0.5, 0.6) is 5.75 Å². The minimum absolute atomic E-state index is 0.0429. The van der Waals surface area contributed by atoms with Crippen LogP contribution < -0.4 is 20.9 Å². The molecule has 0 atom stereocenters. The van der Waals surface area contributed by atoms with E-state index in [0.717, 1.165) is 18.4 Å². The zero-order valence-corrected chi connectivity index (χ0v) is 14.1. The first kappa shape index (κ1) is 17.8. The van der Waals surface area contributed by atoms with Crippen LogP contribution in [0, 0.1) is 0 Å². The first-order valence-corrected chi connectivity index (χ1v) is 7.89. The molecule has 1 aliphatic rings. The molecule has 3 N–H and O–H groups in total. The summed E-state index contributed by atoms with van der Waals surface area (Å²) >= 11 is 0. The fourth-order valence-corrected chi connectivity index (χ4v) is 1.90. The highest BCUT2D eigenvalue weighted by Gasteiger charge is 2.26. The van der Waals surface area contributed by atoms with E-state index in [1.165, 1.54) is 0 Å². The SMILES string of the molecule is CC(C)(C)c1ccc(OCC(=O)NNC(=O)C(=O)NC2CC2)cc1. The van der Waals surface area contributed by atoms with Gasteiger partial charge >= 0.3 is 11.8 Å². The van der Waals surface area contributed by atoms with Gasteiger partial charge in [0.15, 0.2) is 6.61 Å². The van der Waals surface area contributed by atoms with Crippen LogP contribution in [0.3, 0.4) is 0 Å². The van der Waals surface area contributed by atoms with Crippen LogP contribution in [0.4, 0.5) is 0 Å². The number of nitrogens with one attached hydrogen (secondary N) is 3. The molecule has 0 bridgehead atoms. The Kier molecular flexibility index (Phi) is 5.43. The van der Waals surface area contributed by atoms with E-state index in [0.29, 0.717) is 5.75 Å². The number of carbonyl (C=O) groups excluding carboxylic acids is 3. The second kappa shape index (κ2) is 7.33. The molecule has 1 saturated carbocycles. The summed E-state index contributed by atoms with van der Waals surface area (Å²) in [4.78, 5) is 34.5. The molecule has 1 fully saturated rings. The van der Waals surface area contributed by atoms with Crippen molar-refractivity contribution >= 4 is 17.7 Å². The molecule has 0 spiro atoms. The summed E-state index contributed by atoms with van der Waals surface area (Å²) in [5.41, 5.74) is 5.39. The first-order valence-electron chi connectivity index (χ1n) is 7.89. The highest BCUT2D eigenvalue weighted by molar-refractivity contribution is 6.35. The third-order valence-electron chi connectivity index (χ3n) is 3.52. The van der Waals surface area contributed by atoms with E-state index in [1.807, 2.05) is 12.1 Å². The third kappa shape index (κ3) is 5.57. The van der Waals surface area contributed by atoms with Gasteiger partial charge in [-0.1, -0.05) is 32.9 Å². The summed E-state index contributed by atoms with van der Waals surface area (Å²) in [6, 6.07) is 7.54. The first-order chi connectivity index (χ1) is 11.3. The minimum atomic E-state index is -0.898. The normalized spacial score (nSPS) is 13.8. The number of amides is 3. The van der Waals surface area contributed by atoms with Gasteiger partial charge in [0, 0.05) is 6.04 Å². The molecule has 7 nitrogen and oxygen atoms in total. The third-order valence-corrected chi connectivity index (χ3v) is 3.52. The Morgan fingerprint density at radius 1 is 1.04 bits per heavy atom. The van der Waals surface area contributed by atoms with Crippen LogP contribution in [0.1, 0.15) is 39.2 Å². The average molecular weight is 333 g/mol. The lowest BCUT2D eigenvalue weighted by Gasteiger charge is -2.19. The highest BCUT2D eigenvalue weighted by atomic mass is 16.5. The smallest absolute Gasteiger partial charge is 0.327 e. The lowest BCUT2D eigenvalue weighted by Crippen LogP contribution is -2.50. The van der Waals surface area contributed by atoms with Crippen LogP contribution in [0.15, 0.2) is 24.3 Å². The van der Waals surface area contributed by atoms with E-state index in [2.05, 4.69) is 36.9 Å². The Hall–Kier alpha value is -2.57. The molecule has 3 amide bonds. The second-order valence-electron chi connectivity index (χ2n) is 6.81. The highest BCUT2D eigenvalue weighted by Crippen LogP contribution is 2.24. The molecule has 1 aromatic carbocycles. The zero-order valence-electron chi connectivity index (χ0n) is 14.1. The van der Waals surface area contributed by atoms with Gasteiger partial charge in [-0.3, -0.25) is 25.2 Å². The topological polar surface area (TPSA) is 96.5 Å². The monoisotopic (exact) mass is 333 g/mol. The maximum atomic E-state index is 11.6. The largest absolute Gasteiger partial charge is 0.484 e. The van der Waals surface area contributed by atoms with E-state index in [-0.39, 0.29) is 18.1 Å². The molecular weight excluding hydrogens is 310 g/mol.